The van der Waals surface area contributed by atoms with Crippen molar-refractivity contribution in [1.82, 2.24) is 5.32 Å². The molecule has 0 bridgehead atoms. The number of carbonyl (C=O) groups excluding carboxylic acids is 2. The molecule has 1 aromatic rings. The summed E-state index contributed by atoms with van der Waals surface area (Å²) in [6.45, 7) is 3.68. The quantitative estimate of drug-likeness (QED) is 0.617. The first-order valence-corrected chi connectivity index (χ1v) is 5.11. The molecule has 1 rings (SSSR count). The highest BCUT2D eigenvalue weighted by Gasteiger charge is 2.15. The predicted octanol–water partition coefficient (Wildman–Crippen LogP) is 1.25. The molecule has 0 spiro atoms. The van der Waals surface area contributed by atoms with Gasteiger partial charge < -0.3 is 10.1 Å². The first-order chi connectivity index (χ1) is 7.59. The molecule has 1 aromatic carbocycles. The van der Waals surface area contributed by atoms with Crippen molar-refractivity contribution >= 4 is 11.9 Å². The molecule has 4 heteroatoms. The number of hydrogen-bond acceptors (Lipinski definition) is 3. The fraction of sp³-hybridized carbons (Fsp3) is 0.333. The van der Waals surface area contributed by atoms with Crippen LogP contribution in [0.25, 0.3) is 0 Å². The molecule has 0 aliphatic heterocycles. The van der Waals surface area contributed by atoms with Gasteiger partial charge in [0.25, 0.3) is 0 Å². The number of ether oxygens (including phenoxy) is 1. The molecule has 0 saturated carbocycles. The molecule has 0 saturated heterocycles. The van der Waals surface area contributed by atoms with Crippen molar-refractivity contribution in [2.24, 2.45) is 0 Å². The van der Waals surface area contributed by atoms with Crippen LogP contribution in [0, 0.1) is 0 Å². The first kappa shape index (κ1) is 12.2. The van der Waals surface area contributed by atoms with Gasteiger partial charge in [-0.25, -0.2) is 4.79 Å². The minimum Gasteiger partial charge on any atom is -0.454 e. The normalized spacial score (nSPS) is 9.94. The molecule has 0 radical (unpaired) electrons. The standard InChI is InChI=1S/C12H15NO3/c1-9(2)13-11(14)12(15)16-8-10-6-4-3-5-7-10/h3-7,9H,8H2,1-2H3,(H,13,14). The summed E-state index contributed by atoms with van der Waals surface area (Å²) in [5.41, 5.74) is 0.855. The molecule has 1 amide bonds. The van der Waals surface area contributed by atoms with Crippen molar-refractivity contribution in [2.45, 2.75) is 26.5 Å². The summed E-state index contributed by atoms with van der Waals surface area (Å²) in [7, 11) is 0. The largest absolute Gasteiger partial charge is 0.454 e. The number of benzene rings is 1. The summed E-state index contributed by atoms with van der Waals surface area (Å²) < 4.78 is 4.84. The van der Waals surface area contributed by atoms with Gasteiger partial charge >= 0.3 is 11.9 Å². The number of carbonyl (C=O) groups is 2. The smallest absolute Gasteiger partial charge is 0.397 e. The van der Waals surface area contributed by atoms with E-state index >= 15 is 0 Å². The zero-order valence-electron chi connectivity index (χ0n) is 9.40. The van der Waals surface area contributed by atoms with Crippen molar-refractivity contribution in [3.8, 4) is 0 Å². The SMILES string of the molecule is CC(C)NC(=O)C(=O)OCc1ccccc1. The van der Waals surface area contributed by atoms with Gasteiger partial charge in [-0.15, -0.1) is 0 Å². The lowest BCUT2D eigenvalue weighted by molar-refractivity contribution is -0.156. The number of nitrogens with one attached hydrogen (secondary N) is 1. The summed E-state index contributed by atoms with van der Waals surface area (Å²) in [6.07, 6.45) is 0. The number of hydrogen-bond donors (Lipinski definition) is 1. The Morgan fingerprint density at radius 1 is 1.25 bits per heavy atom. The Kier molecular flexibility index (Phi) is 4.51. The maximum absolute atomic E-state index is 11.2. The number of esters is 1. The van der Waals surface area contributed by atoms with E-state index in [0.29, 0.717) is 0 Å². The molecule has 4 nitrogen and oxygen atoms in total. The third kappa shape index (κ3) is 4.13. The van der Waals surface area contributed by atoms with Crippen LogP contribution in [0.15, 0.2) is 30.3 Å². The molecule has 0 aliphatic rings. The predicted molar refractivity (Wildman–Crippen MR) is 59.5 cm³/mol. The van der Waals surface area contributed by atoms with E-state index in [1.54, 1.807) is 13.8 Å². The van der Waals surface area contributed by atoms with Crippen molar-refractivity contribution < 1.29 is 14.3 Å². The minimum absolute atomic E-state index is 0.0724. The van der Waals surface area contributed by atoms with Gasteiger partial charge in [0.05, 0.1) is 0 Å². The second-order valence-electron chi connectivity index (χ2n) is 3.69. The van der Waals surface area contributed by atoms with Gasteiger partial charge in [0.2, 0.25) is 0 Å². The lowest BCUT2D eigenvalue weighted by Gasteiger charge is -2.08. The van der Waals surface area contributed by atoms with Gasteiger partial charge in [0.15, 0.2) is 0 Å². The Balaban J connectivity index is 2.38. The van der Waals surface area contributed by atoms with Crippen molar-refractivity contribution in [1.29, 1.82) is 0 Å². The van der Waals surface area contributed by atoms with Gasteiger partial charge in [-0.2, -0.15) is 0 Å². The molecule has 1 N–H and O–H groups in total. The van der Waals surface area contributed by atoms with E-state index in [1.807, 2.05) is 30.3 Å². The topological polar surface area (TPSA) is 55.4 Å². The zero-order chi connectivity index (χ0) is 12.0. The van der Waals surface area contributed by atoms with E-state index in [9.17, 15) is 9.59 Å². The fourth-order valence-corrected chi connectivity index (χ4v) is 1.11. The maximum Gasteiger partial charge on any atom is 0.397 e. The summed E-state index contributed by atoms with van der Waals surface area (Å²) in [5, 5.41) is 2.47. The van der Waals surface area contributed by atoms with Crippen molar-refractivity contribution in [3.05, 3.63) is 35.9 Å². The van der Waals surface area contributed by atoms with E-state index in [4.69, 9.17) is 4.74 Å². The van der Waals surface area contributed by atoms with E-state index in [1.165, 1.54) is 0 Å². The average Bonchev–Trinajstić information content (AvgIpc) is 2.26. The van der Waals surface area contributed by atoms with Crippen LogP contribution in [-0.2, 0) is 20.9 Å². The molecule has 0 unspecified atom stereocenters. The van der Waals surface area contributed by atoms with Gasteiger partial charge in [-0.1, -0.05) is 30.3 Å². The van der Waals surface area contributed by atoms with Crippen LogP contribution in [0.3, 0.4) is 0 Å². The van der Waals surface area contributed by atoms with Crippen LogP contribution in [0.4, 0.5) is 0 Å². The Bertz CT molecular complexity index is 360. The molecule has 0 heterocycles. The minimum atomic E-state index is -0.849. The maximum atomic E-state index is 11.2. The molecule has 0 aromatic heterocycles. The van der Waals surface area contributed by atoms with Crippen LogP contribution in [0.5, 0.6) is 0 Å². The van der Waals surface area contributed by atoms with Crippen LogP contribution < -0.4 is 5.32 Å². The molecule has 86 valence electrons. The zero-order valence-corrected chi connectivity index (χ0v) is 9.40. The third-order valence-corrected chi connectivity index (χ3v) is 1.82. The molecular weight excluding hydrogens is 206 g/mol. The Hall–Kier alpha value is -1.84. The van der Waals surface area contributed by atoms with E-state index in [2.05, 4.69) is 5.32 Å². The lowest BCUT2D eigenvalue weighted by atomic mass is 10.2. The lowest BCUT2D eigenvalue weighted by Crippen LogP contribution is -2.36. The second-order valence-corrected chi connectivity index (χ2v) is 3.69. The molecule has 16 heavy (non-hydrogen) atoms. The highest BCUT2D eigenvalue weighted by molar-refractivity contribution is 6.32. The van der Waals surface area contributed by atoms with E-state index in [0.717, 1.165) is 5.56 Å². The summed E-state index contributed by atoms with van der Waals surface area (Å²) in [4.78, 5) is 22.4. The van der Waals surface area contributed by atoms with Crippen molar-refractivity contribution in [2.75, 3.05) is 0 Å². The molecule has 0 aliphatic carbocycles. The molecule has 0 atom stereocenters. The highest BCUT2D eigenvalue weighted by Crippen LogP contribution is 2.00. The third-order valence-electron chi connectivity index (χ3n) is 1.82. The van der Waals surface area contributed by atoms with Crippen LogP contribution in [-0.4, -0.2) is 17.9 Å². The first-order valence-electron chi connectivity index (χ1n) is 5.11. The fourth-order valence-electron chi connectivity index (χ4n) is 1.11. The number of amides is 1. The van der Waals surface area contributed by atoms with Crippen LogP contribution in [0.1, 0.15) is 19.4 Å². The summed E-state index contributed by atoms with van der Waals surface area (Å²) in [6, 6.07) is 9.14. The molecule has 0 fully saturated rings. The van der Waals surface area contributed by atoms with E-state index in [-0.39, 0.29) is 12.6 Å². The van der Waals surface area contributed by atoms with Crippen molar-refractivity contribution in [3.63, 3.8) is 0 Å². The molecular formula is C12H15NO3. The van der Waals surface area contributed by atoms with Crippen LogP contribution >= 0.6 is 0 Å². The summed E-state index contributed by atoms with van der Waals surface area (Å²) >= 11 is 0. The highest BCUT2D eigenvalue weighted by atomic mass is 16.5. The Morgan fingerprint density at radius 3 is 2.44 bits per heavy atom. The van der Waals surface area contributed by atoms with Gasteiger partial charge in [0, 0.05) is 6.04 Å². The average molecular weight is 221 g/mol. The second kappa shape index (κ2) is 5.90. The van der Waals surface area contributed by atoms with E-state index < -0.39 is 11.9 Å². The van der Waals surface area contributed by atoms with Crippen LogP contribution in [0.2, 0.25) is 0 Å². The monoisotopic (exact) mass is 221 g/mol. The van der Waals surface area contributed by atoms with Gasteiger partial charge in [-0.3, -0.25) is 4.79 Å². The Morgan fingerprint density at radius 2 is 1.88 bits per heavy atom. The number of rotatable bonds is 3. The van der Waals surface area contributed by atoms with Gasteiger partial charge in [-0.05, 0) is 19.4 Å². The Labute approximate surface area is 94.6 Å². The van der Waals surface area contributed by atoms with Gasteiger partial charge in [0.1, 0.15) is 6.61 Å². The summed E-state index contributed by atoms with van der Waals surface area (Å²) in [5.74, 6) is -1.55.